The van der Waals surface area contributed by atoms with Crippen molar-refractivity contribution in [3.05, 3.63) is 23.8 Å². The van der Waals surface area contributed by atoms with Gasteiger partial charge in [-0.2, -0.15) is 13.2 Å². The predicted molar refractivity (Wildman–Crippen MR) is 66.6 cm³/mol. The number of hydrogen-bond donors (Lipinski definition) is 1. The summed E-state index contributed by atoms with van der Waals surface area (Å²) in [7, 11) is 1.26. The van der Waals surface area contributed by atoms with Crippen molar-refractivity contribution >= 4 is 23.4 Å². The average molecular weight is 287 g/mol. The Balaban J connectivity index is 2.57. The lowest BCUT2D eigenvalue weighted by molar-refractivity contribution is -0.137. The number of hydrogen-bond acceptors (Lipinski definition) is 2. The molecule has 0 radical (unpaired) electrons. The highest BCUT2D eigenvalue weighted by Gasteiger charge is 2.34. The van der Waals surface area contributed by atoms with Crippen LogP contribution in [-0.2, 0) is 6.18 Å². The van der Waals surface area contributed by atoms with Crippen LogP contribution in [0, 0.1) is 0 Å². The van der Waals surface area contributed by atoms with Crippen LogP contribution < -0.4 is 10.2 Å². The van der Waals surface area contributed by atoms with Crippen LogP contribution in [0.5, 0.6) is 0 Å². The van der Waals surface area contributed by atoms with E-state index in [2.05, 4.69) is 5.32 Å². The molecule has 0 saturated heterocycles. The lowest BCUT2D eigenvalue weighted by Gasteiger charge is -2.23. The van der Waals surface area contributed by atoms with E-state index in [-0.39, 0.29) is 17.9 Å². The Kier molecular flexibility index (Phi) is 3.33. The van der Waals surface area contributed by atoms with Gasteiger partial charge < -0.3 is 5.32 Å². The van der Waals surface area contributed by atoms with Crippen molar-refractivity contribution < 1.29 is 22.8 Å². The third-order valence-corrected chi connectivity index (χ3v) is 2.99. The van der Waals surface area contributed by atoms with E-state index < -0.39 is 23.8 Å². The molecule has 4 amide bonds. The molecule has 1 aromatic rings. The van der Waals surface area contributed by atoms with Crippen molar-refractivity contribution in [2.24, 2.45) is 0 Å². The highest BCUT2D eigenvalue weighted by atomic mass is 19.4. The van der Waals surface area contributed by atoms with Gasteiger partial charge in [0, 0.05) is 13.6 Å². The number of alkyl halides is 3. The molecule has 108 valence electrons. The molecule has 1 aliphatic rings. The number of nitrogens with one attached hydrogen (secondary N) is 1. The average Bonchev–Trinajstić information content (AvgIpc) is 2.46. The number of rotatable bonds is 1. The van der Waals surface area contributed by atoms with Crippen molar-refractivity contribution in [1.29, 1.82) is 0 Å². The fourth-order valence-electron chi connectivity index (χ4n) is 1.92. The molecule has 1 aliphatic heterocycles. The number of imide groups is 1. The molecule has 1 heterocycles. The van der Waals surface area contributed by atoms with E-state index in [1.807, 2.05) is 0 Å². The maximum Gasteiger partial charge on any atom is 0.416 e. The number of anilines is 2. The van der Waals surface area contributed by atoms with Crippen molar-refractivity contribution in [1.82, 2.24) is 4.90 Å². The topological polar surface area (TPSA) is 52.7 Å². The first-order valence-electron chi connectivity index (χ1n) is 5.83. The Labute approximate surface area is 113 Å². The maximum atomic E-state index is 12.7. The van der Waals surface area contributed by atoms with Gasteiger partial charge in [-0.15, -0.1) is 0 Å². The number of carbonyl (C=O) groups is 2. The van der Waals surface area contributed by atoms with Crippen molar-refractivity contribution in [2.75, 3.05) is 23.8 Å². The molecule has 5 nitrogen and oxygen atoms in total. The quantitative estimate of drug-likeness (QED) is 0.862. The molecule has 20 heavy (non-hydrogen) atoms. The van der Waals surface area contributed by atoms with Crippen LogP contribution in [0.3, 0.4) is 0 Å². The van der Waals surface area contributed by atoms with E-state index >= 15 is 0 Å². The summed E-state index contributed by atoms with van der Waals surface area (Å²) in [5.41, 5.74) is -0.683. The van der Waals surface area contributed by atoms with Crippen LogP contribution in [0.15, 0.2) is 18.2 Å². The summed E-state index contributed by atoms with van der Waals surface area (Å²) in [5, 5.41) is 2.30. The largest absolute Gasteiger partial charge is 0.416 e. The van der Waals surface area contributed by atoms with Gasteiger partial charge >= 0.3 is 18.2 Å². The monoisotopic (exact) mass is 287 g/mol. The Morgan fingerprint density at radius 1 is 1.25 bits per heavy atom. The minimum Gasteiger partial charge on any atom is -0.305 e. The Morgan fingerprint density at radius 2 is 1.90 bits per heavy atom. The fourth-order valence-corrected chi connectivity index (χ4v) is 1.92. The molecule has 1 aromatic carbocycles. The first-order chi connectivity index (χ1) is 9.25. The lowest BCUT2D eigenvalue weighted by Crippen LogP contribution is -2.43. The maximum absolute atomic E-state index is 12.7. The van der Waals surface area contributed by atoms with Gasteiger partial charge in [0.2, 0.25) is 0 Å². The molecular weight excluding hydrogens is 275 g/mol. The van der Waals surface area contributed by atoms with Gasteiger partial charge in [-0.1, -0.05) is 0 Å². The van der Waals surface area contributed by atoms with Crippen LogP contribution in [-0.4, -0.2) is 30.6 Å². The Hall–Kier alpha value is -2.25. The summed E-state index contributed by atoms with van der Waals surface area (Å²) in [6.07, 6.45) is -4.51. The second-order valence-corrected chi connectivity index (χ2v) is 4.25. The molecule has 0 bridgehead atoms. The van der Waals surface area contributed by atoms with E-state index in [4.69, 9.17) is 0 Å². The molecule has 8 heteroatoms. The smallest absolute Gasteiger partial charge is 0.305 e. The van der Waals surface area contributed by atoms with Crippen LogP contribution in [0.1, 0.15) is 12.5 Å². The number of benzene rings is 1. The standard InChI is InChI=1S/C12H12F3N3O2/c1-3-18-9-5-4-7(12(13,14)15)6-8(9)16-10(19)17(2)11(18)20/h4-6H,3H2,1-2H3,(H,16,19). The summed E-state index contributed by atoms with van der Waals surface area (Å²) in [5.74, 6) is 0. The molecule has 0 aliphatic carbocycles. The third kappa shape index (κ3) is 2.28. The van der Waals surface area contributed by atoms with E-state index in [1.54, 1.807) is 6.92 Å². The zero-order valence-corrected chi connectivity index (χ0v) is 10.8. The first kappa shape index (κ1) is 14.2. The number of nitrogens with zero attached hydrogens (tertiary/aromatic N) is 2. The molecule has 1 N–H and O–H groups in total. The number of amides is 4. The second kappa shape index (κ2) is 4.69. The van der Waals surface area contributed by atoms with Gasteiger partial charge in [-0.3, -0.25) is 4.90 Å². The molecule has 0 saturated carbocycles. The normalized spacial score (nSPS) is 15.8. The van der Waals surface area contributed by atoms with E-state index in [0.717, 1.165) is 17.0 Å². The molecule has 0 aromatic heterocycles. The van der Waals surface area contributed by atoms with Gasteiger partial charge in [0.1, 0.15) is 0 Å². The van der Waals surface area contributed by atoms with Crippen molar-refractivity contribution in [3.63, 3.8) is 0 Å². The van der Waals surface area contributed by atoms with Gasteiger partial charge in [0.05, 0.1) is 16.9 Å². The number of carbonyl (C=O) groups excluding carboxylic acids is 2. The lowest BCUT2D eigenvalue weighted by atomic mass is 10.1. The summed E-state index contributed by atoms with van der Waals surface area (Å²) >= 11 is 0. The SMILES string of the molecule is CCN1C(=O)N(C)C(=O)Nc2cc(C(F)(F)F)ccc21. The Morgan fingerprint density at radius 3 is 2.45 bits per heavy atom. The zero-order valence-electron chi connectivity index (χ0n) is 10.8. The summed E-state index contributed by atoms with van der Waals surface area (Å²) in [4.78, 5) is 25.7. The molecular formula is C12H12F3N3O2. The molecule has 0 spiro atoms. The zero-order chi connectivity index (χ0) is 15.1. The molecule has 0 atom stereocenters. The summed E-state index contributed by atoms with van der Waals surface area (Å²) < 4.78 is 38.1. The fraction of sp³-hybridized carbons (Fsp3) is 0.333. The third-order valence-electron chi connectivity index (χ3n) is 2.99. The second-order valence-electron chi connectivity index (χ2n) is 4.25. The van der Waals surface area contributed by atoms with E-state index in [1.165, 1.54) is 18.0 Å². The van der Waals surface area contributed by atoms with E-state index in [9.17, 15) is 22.8 Å². The number of urea groups is 2. The minimum absolute atomic E-state index is 0.0376. The van der Waals surface area contributed by atoms with Crippen LogP contribution in [0.25, 0.3) is 0 Å². The van der Waals surface area contributed by atoms with Gasteiger partial charge in [-0.05, 0) is 25.1 Å². The summed E-state index contributed by atoms with van der Waals surface area (Å²) in [6, 6.07) is 1.52. The van der Waals surface area contributed by atoms with Gasteiger partial charge in [0.25, 0.3) is 0 Å². The van der Waals surface area contributed by atoms with Crippen molar-refractivity contribution in [2.45, 2.75) is 13.1 Å². The predicted octanol–water partition coefficient (Wildman–Crippen LogP) is 3.13. The molecule has 0 unspecified atom stereocenters. The van der Waals surface area contributed by atoms with Gasteiger partial charge in [-0.25, -0.2) is 14.5 Å². The first-order valence-corrected chi connectivity index (χ1v) is 5.83. The highest BCUT2D eigenvalue weighted by Crippen LogP contribution is 2.36. The molecule has 2 rings (SSSR count). The summed E-state index contributed by atoms with van der Waals surface area (Å²) in [6.45, 7) is 1.90. The van der Waals surface area contributed by atoms with Crippen LogP contribution in [0.4, 0.5) is 34.1 Å². The highest BCUT2D eigenvalue weighted by molar-refractivity contribution is 6.11. The van der Waals surface area contributed by atoms with Gasteiger partial charge in [0.15, 0.2) is 0 Å². The Bertz CT molecular complexity index is 572. The van der Waals surface area contributed by atoms with Crippen LogP contribution >= 0.6 is 0 Å². The number of fused-ring (bicyclic) bond motifs is 1. The minimum atomic E-state index is -4.51. The number of halogens is 3. The van der Waals surface area contributed by atoms with Crippen LogP contribution in [0.2, 0.25) is 0 Å². The van der Waals surface area contributed by atoms with E-state index in [0.29, 0.717) is 0 Å². The molecule has 0 fully saturated rings. The van der Waals surface area contributed by atoms with Crippen molar-refractivity contribution in [3.8, 4) is 0 Å².